The van der Waals surface area contributed by atoms with Gasteiger partial charge in [-0.3, -0.25) is 4.98 Å². The summed E-state index contributed by atoms with van der Waals surface area (Å²) in [5.74, 6) is 0.709. The maximum absolute atomic E-state index is 13.2. The summed E-state index contributed by atoms with van der Waals surface area (Å²) in [5.41, 5.74) is 3.29. The molecule has 0 radical (unpaired) electrons. The second kappa shape index (κ2) is 7.43. The summed E-state index contributed by atoms with van der Waals surface area (Å²) in [6.07, 6.45) is 6.59. The lowest BCUT2D eigenvalue weighted by Gasteiger charge is -2.20. The van der Waals surface area contributed by atoms with Gasteiger partial charge in [0, 0.05) is 18.1 Å². The third-order valence-corrected chi connectivity index (χ3v) is 7.82. The molecule has 1 aliphatic carbocycles. The predicted molar refractivity (Wildman–Crippen MR) is 113 cm³/mol. The summed E-state index contributed by atoms with van der Waals surface area (Å²) in [7, 11) is -3.50. The summed E-state index contributed by atoms with van der Waals surface area (Å²) in [5, 5.41) is 1.02. The highest BCUT2D eigenvalue weighted by Crippen LogP contribution is 2.30. The number of ether oxygens (including phenoxy) is 1. The van der Waals surface area contributed by atoms with Crippen molar-refractivity contribution in [2.45, 2.75) is 43.1 Å². The standard InChI is InChI=1S/C23H24N2O3S/c26-29(27,21-11-10-17-5-1-2-6-19(17)15-21)25-14-12-20(16-25)28-22-9-3-7-18-8-4-13-24-23(18)22/h3-4,7-11,13,15,20H,1-2,5-6,12,14,16H2. The van der Waals surface area contributed by atoms with Crippen molar-refractivity contribution < 1.29 is 13.2 Å². The number of sulfonamides is 1. The third-order valence-electron chi connectivity index (χ3n) is 5.95. The molecule has 1 saturated heterocycles. The van der Waals surface area contributed by atoms with E-state index in [0.29, 0.717) is 30.2 Å². The van der Waals surface area contributed by atoms with Crippen LogP contribution in [0, 0.1) is 0 Å². The summed E-state index contributed by atoms with van der Waals surface area (Å²) in [6.45, 7) is 0.838. The molecule has 1 aromatic heterocycles. The van der Waals surface area contributed by atoms with Crippen molar-refractivity contribution in [1.29, 1.82) is 0 Å². The van der Waals surface area contributed by atoms with E-state index in [9.17, 15) is 8.42 Å². The van der Waals surface area contributed by atoms with Crippen LogP contribution in [0.2, 0.25) is 0 Å². The van der Waals surface area contributed by atoms with Gasteiger partial charge in [0.2, 0.25) is 10.0 Å². The lowest BCUT2D eigenvalue weighted by atomic mass is 9.92. The van der Waals surface area contributed by atoms with Crippen molar-refractivity contribution in [2.24, 2.45) is 0 Å². The maximum Gasteiger partial charge on any atom is 0.243 e. The molecule has 29 heavy (non-hydrogen) atoms. The molecule has 0 bridgehead atoms. The van der Waals surface area contributed by atoms with Crippen LogP contribution in [0.5, 0.6) is 5.75 Å². The molecule has 5 nitrogen and oxygen atoms in total. The van der Waals surface area contributed by atoms with Crippen LogP contribution in [0.25, 0.3) is 10.9 Å². The molecule has 150 valence electrons. The van der Waals surface area contributed by atoms with Crippen LogP contribution >= 0.6 is 0 Å². The highest BCUT2D eigenvalue weighted by atomic mass is 32.2. The van der Waals surface area contributed by atoms with Crippen LogP contribution in [0.15, 0.2) is 59.6 Å². The van der Waals surface area contributed by atoms with Gasteiger partial charge in [-0.1, -0.05) is 24.3 Å². The summed E-state index contributed by atoms with van der Waals surface area (Å²) in [6, 6.07) is 15.4. The van der Waals surface area contributed by atoms with Gasteiger partial charge in [-0.25, -0.2) is 8.42 Å². The molecule has 0 amide bonds. The molecule has 0 N–H and O–H groups in total. The molecule has 0 spiro atoms. The minimum absolute atomic E-state index is 0.171. The zero-order valence-corrected chi connectivity index (χ0v) is 17.1. The average molecular weight is 409 g/mol. The van der Waals surface area contributed by atoms with Crippen molar-refractivity contribution >= 4 is 20.9 Å². The van der Waals surface area contributed by atoms with Crippen molar-refractivity contribution in [1.82, 2.24) is 9.29 Å². The molecule has 2 aromatic carbocycles. The van der Waals surface area contributed by atoms with E-state index in [1.165, 1.54) is 17.5 Å². The Morgan fingerprint density at radius 2 is 1.83 bits per heavy atom. The average Bonchev–Trinajstić information content (AvgIpc) is 3.23. The Bertz CT molecular complexity index is 1150. The first-order valence-electron chi connectivity index (χ1n) is 10.2. The molecular formula is C23H24N2O3S. The van der Waals surface area contributed by atoms with E-state index < -0.39 is 10.0 Å². The second-order valence-electron chi connectivity index (χ2n) is 7.86. The zero-order chi connectivity index (χ0) is 19.8. The minimum Gasteiger partial charge on any atom is -0.487 e. The fourth-order valence-corrected chi connectivity index (χ4v) is 5.92. The molecule has 2 heterocycles. The van der Waals surface area contributed by atoms with Crippen LogP contribution in [0.3, 0.4) is 0 Å². The largest absolute Gasteiger partial charge is 0.487 e. The third kappa shape index (κ3) is 3.51. The van der Waals surface area contributed by atoms with E-state index in [2.05, 4.69) is 4.98 Å². The van der Waals surface area contributed by atoms with E-state index >= 15 is 0 Å². The Hall–Kier alpha value is -2.44. The molecule has 1 fully saturated rings. The van der Waals surface area contributed by atoms with Crippen LogP contribution in [0.4, 0.5) is 0 Å². The minimum atomic E-state index is -3.50. The smallest absolute Gasteiger partial charge is 0.243 e. The van der Waals surface area contributed by atoms with Crippen LogP contribution in [-0.4, -0.2) is 36.9 Å². The van der Waals surface area contributed by atoms with Crippen molar-refractivity contribution in [2.75, 3.05) is 13.1 Å². The lowest BCUT2D eigenvalue weighted by Crippen LogP contribution is -2.31. The highest BCUT2D eigenvalue weighted by molar-refractivity contribution is 7.89. The molecule has 5 rings (SSSR count). The van der Waals surface area contributed by atoms with Crippen molar-refractivity contribution in [3.8, 4) is 5.75 Å². The lowest BCUT2D eigenvalue weighted by molar-refractivity contribution is 0.218. The van der Waals surface area contributed by atoms with E-state index in [1.807, 2.05) is 42.5 Å². The van der Waals surface area contributed by atoms with E-state index in [4.69, 9.17) is 4.74 Å². The second-order valence-corrected chi connectivity index (χ2v) is 9.80. The van der Waals surface area contributed by atoms with Gasteiger partial charge in [0.1, 0.15) is 17.4 Å². The monoisotopic (exact) mass is 408 g/mol. The first-order valence-corrected chi connectivity index (χ1v) is 11.7. The van der Waals surface area contributed by atoms with Gasteiger partial charge >= 0.3 is 0 Å². The van der Waals surface area contributed by atoms with Gasteiger partial charge < -0.3 is 4.74 Å². The van der Waals surface area contributed by atoms with E-state index in [0.717, 1.165) is 30.2 Å². The number of benzene rings is 2. The number of hydrogen-bond acceptors (Lipinski definition) is 4. The van der Waals surface area contributed by atoms with Gasteiger partial charge in [0.05, 0.1) is 11.4 Å². The highest BCUT2D eigenvalue weighted by Gasteiger charge is 2.34. The van der Waals surface area contributed by atoms with E-state index in [1.54, 1.807) is 16.6 Å². The van der Waals surface area contributed by atoms with Gasteiger partial charge in [-0.15, -0.1) is 0 Å². The Labute approximate surface area is 171 Å². The topological polar surface area (TPSA) is 59.5 Å². The summed E-state index contributed by atoms with van der Waals surface area (Å²) >= 11 is 0. The maximum atomic E-state index is 13.2. The first-order chi connectivity index (χ1) is 14.1. The number of aromatic nitrogens is 1. The predicted octanol–water partition coefficient (Wildman–Crippen LogP) is 3.96. The molecule has 1 unspecified atom stereocenters. The zero-order valence-electron chi connectivity index (χ0n) is 16.3. The summed E-state index contributed by atoms with van der Waals surface area (Å²) < 4.78 is 34.1. The quantitative estimate of drug-likeness (QED) is 0.656. The first kappa shape index (κ1) is 18.6. The number of fused-ring (bicyclic) bond motifs is 2. The fraction of sp³-hybridized carbons (Fsp3) is 0.348. The number of pyridine rings is 1. The Morgan fingerprint density at radius 3 is 2.72 bits per heavy atom. The van der Waals surface area contributed by atoms with Crippen molar-refractivity contribution in [3.05, 3.63) is 65.9 Å². The normalized spacial score (nSPS) is 19.9. The fourth-order valence-electron chi connectivity index (χ4n) is 4.38. The number of aryl methyl sites for hydroxylation is 2. The number of rotatable bonds is 4. The molecular weight excluding hydrogens is 384 g/mol. The van der Waals surface area contributed by atoms with Gasteiger partial charge in [-0.05, 0) is 67.5 Å². The van der Waals surface area contributed by atoms with Crippen LogP contribution in [-0.2, 0) is 22.9 Å². The number of hydrogen-bond donors (Lipinski definition) is 0. The van der Waals surface area contributed by atoms with Crippen LogP contribution in [0.1, 0.15) is 30.4 Å². The van der Waals surface area contributed by atoms with Gasteiger partial charge in [0.25, 0.3) is 0 Å². The number of nitrogens with zero attached hydrogens (tertiary/aromatic N) is 2. The molecule has 1 aliphatic heterocycles. The van der Waals surface area contributed by atoms with Gasteiger partial charge in [-0.2, -0.15) is 4.31 Å². The molecule has 3 aromatic rings. The Kier molecular flexibility index (Phi) is 4.76. The number of para-hydroxylation sites is 1. The molecule has 1 atom stereocenters. The SMILES string of the molecule is O=S(=O)(c1ccc2c(c1)CCCC2)N1CCC(Oc2cccc3cccnc23)C1. The molecule has 2 aliphatic rings. The van der Waals surface area contributed by atoms with Gasteiger partial charge in [0.15, 0.2) is 0 Å². The van der Waals surface area contributed by atoms with E-state index in [-0.39, 0.29) is 6.10 Å². The summed E-state index contributed by atoms with van der Waals surface area (Å²) in [4.78, 5) is 4.83. The van der Waals surface area contributed by atoms with Crippen LogP contribution < -0.4 is 4.74 Å². The molecule has 6 heteroatoms. The molecule has 0 saturated carbocycles. The van der Waals surface area contributed by atoms with Crippen molar-refractivity contribution in [3.63, 3.8) is 0 Å². The Balaban J connectivity index is 1.35. The Morgan fingerprint density at radius 1 is 1.00 bits per heavy atom.